The maximum Gasteiger partial charge on any atom is 0.269 e. The van der Waals surface area contributed by atoms with Crippen LogP contribution in [0.5, 0.6) is 5.75 Å². The summed E-state index contributed by atoms with van der Waals surface area (Å²) in [7, 11) is -1.56. The number of nitrogens with one attached hydrogen (secondary N) is 2. The number of phenols is 1. The van der Waals surface area contributed by atoms with Crippen LogP contribution in [0.25, 0.3) is 0 Å². The Morgan fingerprint density at radius 2 is 1.79 bits per heavy atom. The largest absolute Gasteiger partial charge is 0.505 e. The Hall–Kier alpha value is -3.24. The minimum atomic E-state index is -1.78. The van der Waals surface area contributed by atoms with E-state index in [-0.39, 0.29) is 28.0 Å². The fourth-order valence-corrected chi connectivity index (χ4v) is 4.40. The predicted molar refractivity (Wildman–Crippen MR) is 111 cm³/mol. The van der Waals surface area contributed by atoms with E-state index in [1.807, 2.05) is 6.07 Å². The highest BCUT2D eigenvalue weighted by Crippen LogP contribution is 2.32. The molecule has 4 rings (SSSR count). The summed E-state index contributed by atoms with van der Waals surface area (Å²) in [6, 6.07) is 17.2. The Labute approximate surface area is 171 Å². The number of hydrogen-bond donors (Lipinski definition) is 3. The van der Waals surface area contributed by atoms with E-state index in [9.17, 15) is 13.5 Å². The third-order valence-corrected chi connectivity index (χ3v) is 6.09. The van der Waals surface area contributed by atoms with Crippen LogP contribution < -0.4 is 10.6 Å². The van der Waals surface area contributed by atoms with E-state index in [4.69, 9.17) is 4.42 Å². The van der Waals surface area contributed by atoms with Crippen molar-refractivity contribution >= 4 is 39.3 Å². The number of aromatic hydroxyl groups is 1. The molecule has 2 atom stereocenters. The zero-order valence-corrected chi connectivity index (χ0v) is 16.6. The summed E-state index contributed by atoms with van der Waals surface area (Å²) in [6.07, 6.45) is 1.55. The van der Waals surface area contributed by atoms with Gasteiger partial charge in [0.15, 0.2) is 17.4 Å². The van der Waals surface area contributed by atoms with Crippen LogP contribution in [0.1, 0.15) is 5.76 Å². The molecule has 0 spiro atoms. The molecule has 10 heteroatoms. The Bertz CT molecular complexity index is 1130. The maximum atomic E-state index is 12.8. The highest BCUT2D eigenvalue weighted by Gasteiger charge is 2.22. The molecule has 2 unspecified atom stereocenters. The highest BCUT2D eigenvalue weighted by molar-refractivity contribution is 7.85. The Morgan fingerprint density at radius 1 is 1.00 bits per heavy atom. The summed E-state index contributed by atoms with van der Waals surface area (Å²) in [5.74, 6) is 0.967. The molecule has 148 valence electrons. The Kier molecular flexibility index (Phi) is 5.54. The second kappa shape index (κ2) is 8.41. The lowest BCUT2D eigenvalue weighted by atomic mass is 10.3. The van der Waals surface area contributed by atoms with Crippen molar-refractivity contribution in [3.05, 3.63) is 72.7 Å². The molecule has 29 heavy (non-hydrogen) atoms. The molecule has 0 amide bonds. The second-order valence-corrected chi connectivity index (χ2v) is 8.18. The molecule has 0 aliphatic carbocycles. The van der Waals surface area contributed by atoms with E-state index >= 15 is 0 Å². The average Bonchev–Trinajstić information content (AvgIpc) is 3.37. The Balaban J connectivity index is 1.54. The number of nitrogens with zero attached hydrogens (tertiary/aromatic N) is 2. The summed E-state index contributed by atoms with van der Waals surface area (Å²) < 4.78 is 37.7. The summed E-state index contributed by atoms with van der Waals surface area (Å²) in [5.41, 5.74) is 0.275. The van der Waals surface area contributed by atoms with Gasteiger partial charge >= 0.3 is 0 Å². The molecule has 2 heterocycles. The van der Waals surface area contributed by atoms with Crippen molar-refractivity contribution in [3.8, 4) is 5.75 Å². The first-order chi connectivity index (χ1) is 14.1. The number of rotatable bonds is 5. The van der Waals surface area contributed by atoms with Gasteiger partial charge in [-0.3, -0.25) is 0 Å². The zero-order chi connectivity index (χ0) is 20.2. The maximum absolute atomic E-state index is 12.8. The molecule has 0 fully saturated rings. The minimum absolute atomic E-state index is 0.180. The van der Waals surface area contributed by atoms with Gasteiger partial charge < -0.3 is 20.2 Å². The molecule has 1 aromatic heterocycles. The van der Waals surface area contributed by atoms with Gasteiger partial charge in [0.05, 0.1) is 34.2 Å². The van der Waals surface area contributed by atoms with E-state index in [1.165, 1.54) is 0 Å². The van der Waals surface area contributed by atoms with Gasteiger partial charge in [-0.1, -0.05) is 24.3 Å². The minimum Gasteiger partial charge on any atom is -0.505 e. The van der Waals surface area contributed by atoms with Crippen LogP contribution in [-0.2, 0) is 28.5 Å². The van der Waals surface area contributed by atoms with Gasteiger partial charge in [-0.25, -0.2) is 8.42 Å². The molecule has 8 nitrogen and oxygen atoms in total. The van der Waals surface area contributed by atoms with Crippen molar-refractivity contribution in [2.24, 2.45) is 8.80 Å². The van der Waals surface area contributed by atoms with Gasteiger partial charge in [-0.05, 0) is 36.4 Å². The monoisotopic (exact) mass is 428 g/mol. The van der Waals surface area contributed by atoms with Crippen LogP contribution >= 0.6 is 0 Å². The molecule has 3 N–H and O–H groups in total. The first-order valence-corrected chi connectivity index (χ1v) is 10.7. The van der Waals surface area contributed by atoms with Crippen molar-refractivity contribution < 1.29 is 17.9 Å². The number of hydrogen-bond acceptors (Lipinski definition) is 6. The van der Waals surface area contributed by atoms with Gasteiger partial charge in [0.2, 0.25) is 0 Å². The standard InChI is InChI=1S/C19H16N4O4S2/c24-17-15(9-4-10-16(17)28(25)14-7-2-1-3-8-14)21-19-18(22-29(26)23-19)20-12-13-6-5-11-27-13/h1-11,24H,12H2,(H,20,22)(H,21,23). The normalized spacial score (nSPS) is 16.8. The fraction of sp³-hybridized carbons (Fsp3) is 0.0526. The average molecular weight is 428 g/mol. The first-order valence-electron chi connectivity index (χ1n) is 8.53. The highest BCUT2D eigenvalue weighted by atomic mass is 32.2. The van der Waals surface area contributed by atoms with Gasteiger partial charge in [0.25, 0.3) is 11.2 Å². The molecule has 1 aliphatic rings. The zero-order valence-electron chi connectivity index (χ0n) is 14.9. The van der Waals surface area contributed by atoms with Crippen molar-refractivity contribution in [1.82, 2.24) is 5.32 Å². The van der Waals surface area contributed by atoms with E-state index < -0.39 is 22.0 Å². The molecule has 0 saturated heterocycles. The number of amidine groups is 2. The van der Waals surface area contributed by atoms with E-state index in [1.54, 1.807) is 60.9 Å². The molecular formula is C19H16N4O4S2. The first kappa shape index (κ1) is 19.1. The van der Waals surface area contributed by atoms with Crippen LogP contribution in [0.3, 0.4) is 0 Å². The van der Waals surface area contributed by atoms with Gasteiger partial charge in [-0.15, -0.1) is 8.80 Å². The van der Waals surface area contributed by atoms with Crippen LogP contribution in [0.2, 0.25) is 0 Å². The summed E-state index contributed by atoms with van der Waals surface area (Å²) in [6.45, 7) is 0.327. The molecule has 3 aromatic rings. The molecule has 2 aromatic carbocycles. The van der Waals surface area contributed by atoms with E-state index in [0.717, 1.165) is 0 Å². The number of anilines is 1. The van der Waals surface area contributed by atoms with Gasteiger partial charge in [0.1, 0.15) is 5.76 Å². The summed E-state index contributed by atoms with van der Waals surface area (Å²) in [5, 5.41) is 16.6. The predicted octanol–water partition coefficient (Wildman–Crippen LogP) is 2.74. The smallest absolute Gasteiger partial charge is 0.269 e. The van der Waals surface area contributed by atoms with Crippen molar-refractivity contribution in [2.45, 2.75) is 16.3 Å². The second-order valence-electron chi connectivity index (χ2n) is 5.90. The lowest BCUT2D eigenvalue weighted by Gasteiger charge is -2.13. The molecule has 0 saturated carbocycles. The van der Waals surface area contributed by atoms with Crippen LogP contribution in [0, 0.1) is 0 Å². The van der Waals surface area contributed by atoms with Gasteiger partial charge in [-0.2, -0.15) is 0 Å². The number of benzene rings is 2. The van der Waals surface area contributed by atoms with Crippen LogP contribution in [-0.4, -0.2) is 25.2 Å². The molecular weight excluding hydrogens is 412 g/mol. The number of furan rings is 1. The Morgan fingerprint density at radius 3 is 2.55 bits per heavy atom. The SMILES string of the molecule is O=S1N=C(NCc2ccco2)C(Nc2cccc(S(=O)c3ccccc3)c2O)=N1. The van der Waals surface area contributed by atoms with Crippen molar-refractivity contribution in [1.29, 1.82) is 0 Å². The molecule has 0 radical (unpaired) electrons. The molecule has 0 bridgehead atoms. The summed E-state index contributed by atoms with van der Waals surface area (Å²) in [4.78, 5) is 0.824. The number of phenolic OH excluding ortho intramolecular Hbond substituents is 1. The number of para-hydroxylation sites is 1. The third-order valence-electron chi connectivity index (χ3n) is 3.98. The van der Waals surface area contributed by atoms with E-state index in [2.05, 4.69) is 19.4 Å². The molecule has 1 aliphatic heterocycles. The lowest BCUT2D eigenvalue weighted by molar-refractivity contribution is 0.464. The third kappa shape index (κ3) is 4.28. The summed E-state index contributed by atoms with van der Waals surface area (Å²) >= 11 is -1.78. The van der Waals surface area contributed by atoms with Crippen LogP contribution in [0.15, 0.2) is 89.9 Å². The lowest BCUT2D eigenvalue weighted by Crippen LogP contribution is -2.33. The topological polar surface area (TPSA) is 116 Å². The van der Waals surface area contributed by atoms with Crippen molar-refractivity contribution in [2.75, 3.05) is 5.32 Å². The fourth-order valence-electron chi connectivity index (χ4n) is 2.62. The quantitative estimate of drug-likeness (QED) is 0.538. The van der Waals surface area contributed by atoms with Crippen molar-refractivity contribution in [3.63, 3.8) is 0 Å². The van der Waals surface area contributed by atoms with Crippen LogP contribution in [0.4, 0.5) is 5.69 Å². The van der Waals surface area contributed by atoms with Gasteiger partial charge in [0, 0.05) is 4.90 Å². The van der Waals surface area contributed by atoms with E-state index in [0.29, 0.717) is 17.2 Å².